The molecular weight excluding hydrogens is 382 g/mol. The first-order valence-electron chi connectivity index (χ1n) is 6.42. The van der Waals surface area contributed by atoms with Crippen molar-refractivity contribution in [1.29, 1.82) is 0 Å². The largest absolute Gasteiger partial charge is 0.457 e. The average Bonchev–Trinajstić information content (AvgIpc) is 2.41. The molecule has 1 N–H and O–H groups in total. The van der Waals surface area contributed by atoms with Crippen LogP contribution in [0.2, 0.25) is 0 Å². The van der Waals surface area contributed by atoms with Gasteiger partial charge in [0, 0.05) is 20.6 Å². The van der Waals surface area contributed by atoms with Crippen LogP contribution in [0.4, 0.5) is 0 Å². The monoisotopic (exact) mass is 397 g/mol. The van der Waals surface area contributed by atoms with Gasteiger partial charge in [-0.15, -0.1) is 0 Å². The molecule has 1 atom stereocenters. The summed E-state index contributed by atoms with van der Waals surface area (Å²) >= 11 is 6.97. The van der Waals surface area contributed by atoms with E-state index in [1.807, 2.05) is 38.2 Å². The lowest BCUT2D eigenvalue weighted by atomic mass is 10.1. The van der Waals surface area contributed by atoms with E-state index in [0.29, 0.717) is 0 Å². The second-order valence-electron chi connectivity index (χ2n) is 4.70. The summed E-state index contributed by atoms with van der Waals surface area (Å²) in [6, 6.07) is 12.4. The fraction of sp³-hybridized carbons (Fsp3) is 0.250. The molecule has 0 aliphatic carbocycles. The van der Waals surface area contributed by atoms with Crippen LogP contribution in [0.25, 0.3) is 0 Å². The van der Waals surface area contributed by atoms with Crippen molar-refractivity contribution in [2.24, 2.45) is 0 Å². The molecule has 2 nitrogen and oxygen atoms in total. The van der Waals surface area contributed by atoms with Crippen LogP contribution in [0.3, 0.4) is 0 Å². The van der Waals surface area contributed by atoms with Crippen molar-refractivity contribution in [1.82, 2.24) is 5.32 Å². The van der Waals surface area contributed by atoms with E-state index < -0.39 is 0 Å². The van der Waals surface area contributed by atoms with Gasteiger partial charge >= 0.3 is 0 Å². The highest BCUT2D eigenvalue weighted by Gasteiger charge is 2.12. The summed E-state index contributed by atoms with van der Waals surface area (Å²) in [5.74, 6) is 1.74. The number of nitrogens with one attached hydrogen (secondary N) is 1. The average molecular weight is 399 g/mol. The van der Waals surface area contributed by atoms with Crippen molar-refractivity contribution in [3.63, 3.8) is 0 Å². The van der Waals surface area contributed by atoms with Gasteiger partial charge in [-0.1, -0.05) is 37.9 Å². The highest BCUT2D eigenvalue weighted by Crippen LogP contribution is 2.34. The third-order valence-corrected chi connectivity index (χ3v) is 4.22. The number of benzene rings is 2. The maximum atomic E-state index is 6.11. The molecular formula is C16H17Br2NO. The Hall–Kier alpha value is -0.840. The molecule has 0 bridgehead atoms. The van der Waals surface area contributed by atoms with Gasteiger partial charge in [0.05, 0.1) is 0 Å². The van der Waals surface area contributed by atoms with Crippen LogP contribution in [0, 0.1) is 6.92 Å². The van der Waals surface area contributed by atoms with Crippen molar-refractivity contribution >= 4 is 31.9 Å². The van der Waals surface area contributed by atoms with Crippen LogP contribution in [-0.4, -0.2) is 7.05 Å². The van der Waals surface area contributed by atoms with E-state index in [4.69, 9.17) is 4.74 Å². The lowest BCUT2D eigenvalue weighted by Gasteiger charge is -2.17. The Balaban J connectivity index is 2.39. The molecule has 0 heterocycles. The standard InChI is InChI=1S/C16H17Br2NO/c1-10-8-12(17)5-7-15(10)20-16-9-13(18)4-6-14(16)11(2)19-3/h4-9,11,19H,1-3H3. The van der Waals surface area contributed by atoms with Crippen LogP contribution in [0.1, 0.15) is 24.1 Å². The highest BCUT2D eigenvalue weighted by atomic mass is 79.9. The second kappa shape index (κ2) is 6.74. The summed E-state index contributed by atoms with van der Waals surface area (Å²) in [5.41, 5.74) is 2.24. The highest BCUT2D eigenvalue weighted by molar-refractivity contribution is 9.10. The molecule has 4 heteroatoms. The molecule has 0 fully saturated rings. The lowest BCUT2D eigenvalue weighted by molar-refractivity contribution is 0.462. The number of aryl methyl sites for hydroxylation is 1. The van der Waals surface area contributed by atoms with Crippen molar-refractivity contribution in [2.75, 3.05) is 7.05 Å². The van der Waals surface area contributed by atoms with E-state index in [2.05, 4.69) is 56.2 Å². The van der Waals surface area contributed by atoms with Gasteiger partial charge in [-0.2, -0.15) is 0 Å². The van der Waals surface area contributed by atoms with E-state index in [0.717, 1.165) is 31.6 Å². The fourth-order valence-electron chi connectivity index (χ4n) is 1.96. The van der Waals surface area contributed by atoms with Gasteiger partial charge in [0.1, 0.15) is 11.5 Å². The zero-order valence-corrected chi connectivity index (χ0v) is 14.9. The molecule has 0 spiro atoms. The summed E-state index contributed by atoms with van der Waals surface area (Å²) in [6.45, 7) is 4.16. The predicted molar refractivity (Wildman–Crippen MR) is 90.6 cm³/mol. The van der Waals surface area contributed by atoms with Crippen LogP contribution in [-0.2, 0) is 0 Å². The summed E-state index contributed by atoms with van der Waals surface area (Å²) < 4.78 is 8.17. The zero-order valence-electron chi connectivity index (χ0n) is 11.7. The minimum atomic E-state index is 0.230. The van der Waals surface area contributed by atoms with Gasteiger partial charge in [0.25, 0.3) is 0 Å². The van der Waals surface area contributed by atoms with Gasteiger partial charge in [0.15, 0.2) is 0 Å². The SMILES string of the molecule is CNC(C)c1ccc(Br)cc1Oc1ccc(Br)cc1C. The maximum absolute atomic E-state index is 6.11. The number of halogens is 2. The fourth-order valence-corrected chi connectivity index (χ4v) is 2.77. The van der Waals surface area contributed by atoms with Crippen molar-refractivity contribution in [2.45, 2.75) is 19.9 Å². The van der Waals surface area contributed by atoms with Crippen LogP contribution >= 0.6 is 31.9 Å². The first-order chi connectivity index (χ1) is 9.51. The van der Waals surface area contributed by atoms with Crippen molar-refractivity contribution < 1.29 is 4.74 Å². The molecule has 20 heavy (non-hydrogen) atoms. The minimum Gasteiger partial charge on any atom is -0.457 e. The van der Waals surface area contributed by atoms with E-state index in [-0.39, 0.29) is 6.04 Å². The Morgan fingerprint density at radius 2 is 1.65 bits per heavy atom. The Morgan fingerprint density at radius 1 is 1.00 bits per heavy atom. The van der Waals surface area contributed by atoms with Crippen molar-refractivity contribution in [3.8, 4) is 11.5 Å². The zero-order chi connectivity index (χ0) is 14.7. The Morgan fingerprint density at radius 3 is 2.30 bits per heavy atom. The van der Waals surface area contributed by atoms with E-state index in [1.54, 1.807) is 0 Å². The van der Waals surface area contributed by atoms with E-state index in [1.165, 1.54) is 0 Å². The third kappa shape index (κ3) is 3.62. The lowest BCUT2D eigenvalue weighted by Crippen LogP contribution is -2.13. The number of rotatable bonds is 4. The molecule has 0 saturated heterocycles. The first kappa shape index (κ1) is 15.5. The maximum Gasteiger partial charge on any atom is 0.133 e. The summed E-state index contributed by atoms with van der Waals surface area (Å²) in [6.07, 6.45) is 0. The quantitative estimate of drug-likeness (QED) is 0.724. The van der Waals surface area contributed by atoms with E-state index in [9.17, 15) is 0 Å². The smallest absolute Gasteiger partial charge is 0.133 e. The topological polar surface area (TPSA) is 21.3 Å². The van der Waals surface area contributed by atoms with Gasteiger partial charge in [-0.05, 0) is 56.8 Å². The van der Waals surface area contributed by atoms with Gasteiger partial charge < -0.3 is 10.1 Å². The molecule has 1 unspecified atom stereocenters. The van der Waals surface area contributed by atoms with Gasteiger partial charge in [0.2, 0.25) is 0 Å². The molecule has 0 aliphatic rings. The molecule has 2 rings (SSSR count). The normalized spacial score (nSPS) is 12.2. The Kier molecular flexibility index (Phi) is 5.24. The Labute approximate surface area is 136 Å². The second-order valence-corrected chi connectivity index (χ2v) is 6.54. The molecule has 0 radical (unpaired) electrons. The first-order valence-corrected chi connectivity index (χ1v) is 8.00. The van der Waals surface area contributed by atoms with Crippen LogP contribution in [0.15, 0.2) is 45.3 Å². The molecule has 106 valence electrons. The van der Waals surface area contributed by atoms with Gasteiger partial charge in [-0.3, -0.25) is 0 Å². The molecule has 0 aromatic heterocycles. The minimum absolute atomic E-state index is 0.230. The molecule has 2 aromatic rings. The summed E-state index contributed by atoms with van der Waals surface area (Å²) in [7, 11) is 1.95. The number of ether oxygens (including phenoxy) is 1. The predicted octanol–water partition coefficient (Wildman–Crippen LogP) is 5.59. The van der Waals surface area contributed by atoms with E-state index >= 15 is 0 Å². The Bertz CT molecular complexity index is 613. The molecule has 0 aliphatic heterocycles. The summed E-state index contributed by atoms with van der Waals surface area (Å²) in [5, 5.41) is 3.25. The van der Waals surface area contributed by atoms with Gasteiger partial charge in [-0.25, -0.2) is 0 Å². The molecule has 0 amide bonds. The van der Waals surface area contributed by atoms with Crippen LogP contribution in [0.5, 0.6) is 11.5 Å². The van der Waals surface area contributed by atoms with Crippen molar-refractivity contribution in [3.05, 3.63) is 56.5 Å². The van der Waals surface area contributed by atoms with Crippen LogP contribution < -0.4 is 10.1 Å². The molecule has 2 aromatic carbocycles. The third-order valence-electron chi connectivity index (χ3n) is 3.23. The number of hydrogen-bond acceptors (Lipinski definition) is 2. The summed E-state index contributed by atoms with van der Waals surface area (Å²) in [4.78, 5) is 0. The molecule has 0 saturated carbocycles. The number of hydrogen-bond donors (Lipinski definition) is 1.